The van der Waals surface area contributed by atoms with Crippen molar-refractivity contribution < 1.29 is 5.11 Å². The number of aryl methyl sites for hydroxylation is 2. The number of phenols is 1. The zero-order valence-electron chi connectivity index (χ0n) is 9.39. The van der Waals surface area contributed by atoms with E-state index in [1.807, 2.05) is 24.0 Å². The molecule has 1 aromatic carbocycles. The van der Waals surface area contributed by atoms with Crippen molar-refractivity contribution in [1.82, 2.24) is 9.55 Å². The van der Waals surface area contributed by atoms with Gasteiger partial charge in [-0.15, -0.1) is 0 Å². The lowest BCUT2D eigenvalue weighted by Crippen LogP contribution is -1.92. The minimum Gasteiger partial charge on any atom is -0.506 e. The zero-order valence-corrected chi connectivity index (χ0v) is 10.1. The van der Waals surface area contributed by atoms with E-state index in [0.717, 1.165) is 12.2 Å². The number of nitrogens with zero attached hydrogens (tertiary/aromatic N) is 2. The maximum atomic E-state index is 8.79. The van der Waals surface area contributed by atoms with E-state index in [2.05, 4.69) is 11.9 Å². The van der Waals surface area contributed by atoms with Gasteiger partial charge in [-0.05, 0) is 12.1 Å². The van der Waals surface area contributed by atoms with Crippen LogP contribution in [0.5, 0.6) is 5.75 Å². The van der Waals surface area contributed by atoms with Crippen LogP contribution in [0.2, 0.25) is 5.02 Å². The summed E-state index contributed by atoms with van der Waals surface area (Å²) >= 11 is 5.46. The molecule has 0 fully saturated rings. The minimum atomic E-state index is 0.133. The number of hydrogen-bond donors (Lipinski definition) is 1. The first-order valence-corrected chi connectivity index (χ1v) is 5.42. The molecule has 16 heavy (non-hydrogen) atoms. The van der Waals surface area contributed by atoms with Gasteiger partial charge in [0.15, 0.2) is 0 Å². The molecular weight excluding hydrogens is 224 g/mol. The number of para-hydroxylation sites is 1. The first-order chi connectivity index (χ1) is 7.65. The zero-order chi connectivity index (χ0) is 12.0. The second kappa shape index (κ2) is 6.18. The fourth-order valence-corrected chi connectivity index (χ4v) is 1.32. The van der Waals surface area contributed by atoms with Gasteiger partial charge in [-0.3, -0.25) is 0 Å². The van der Waals surface area contributed by atoms with Crippen LogP contribution in [-0.2, 0) is 13.5 Å². The maximum Gasteiger partial charge on any atom is 0.134 e. The third kappa shape index (κ3) is 3.59. The molecular formula is C12H15ClN2O. The van der Waals surface area contributed by atoms with Gasteiger partial charge in [0.25, 0.3) is 0 Å². The van der Waals surface area contributed by atoms with Crippen molar-refractivity contribution >= 4 is 11.6 Å². The van der Waals surface area contributed by atoms with E-state index in [4.69, 9.17) is 16.7 Å². The van der Waals surface area contributed by atoms with E-state index in [1.165, 1.54) is 0 Å². The molecule has 0 radical (unpaired) electrons. The van der Waals surface area contributed by atoms with Crippen LogP contribution in [0.4, 0.5) is 0 Å². The first kappa shape index (κ1) is 12.6. The fourth-order valence-electron chi connectivity index (χ4n) is 1.19. The van der Waals surface area contributed by atoms with Gasteiger partial charge in [0, 0.05) is 25.9 Å². The van der Waals surface area contributed by atoms with E-state index in [1.54, 1.807) is 24.3 Å². The molecule has 1 aromatic heterocycles. The Balaban J connectivity index is 0.000000160. The van der Waals surface area contributed by atoms with Crippen LogP contribution >= 0.6 is 11.6 Å². The van der Waals surface area contributed by atoms with Gasteiger partial charge in [0.2, 0.25) is 0 Å². The molecule has 0 bridgehead atoms. The van der Waals surface area contributed by atoms with Gasteiger partial charge >= 0.3 is 0 Å². The van der Waals surface area contributed by atoms with Crippen molar-refractivity contribution in [2.45, 2.75) is 13.3 Å². The first-order valence-electron chi connectivity index (χ1n) is 5.04. The molecule has 0 unspecified atom stereocenters. The van der Waals surface area contributed by atoms with Crippen molar-refractivity contribution in [3.8, 4) is 5.75 Å². The van der Waals surface area contributed by atoms with Gasteiger partial charge in [0.1, 0.15) is 11.6 Å². The molecule has 0 spiro atoms. The van der Waals surface area contributed by atoms with E-state index in [0.29, 0.717) is 5.02 Å². The number of imidazole rings is 1. The molecule has 3 nitrogen and oxygen atoms in total. The van der Waals surface area contributed by atoms with Gasteiger partial charge in [0.05, 0.1) is 5.02 Å². The largest absolute Gasteiger partial charge is 0.506 e. The summed E-state index contributed by atoms with van der Waals surface area (Å²) < 4.78 is 2.03. The highest BCUT2D eigenvalue weighted by Crippen LogP contribution is 2.20. The number of phenolic OH excluding ortho intramolecular Hbond substituents is 1. The standard InChI is InChI=1S/C6H5ClO.C6H10N2/c7-5-3-1-2-4-6(5)8;1-3-6-7-4-5-8(6)2/h1-4,8H;4-5H,3H2,1-2H3. The molecule has 1 heterocycles. The quantitative estimate of drug-likeness (QED) is 0.829. The van der Waals surface area contributed by atoms with Gasteiger partial charge in [-0.25, -0.2) is 4.98 Å². The molecule has 1 N–H and O–H groups in total. The smallest absolute Gasteiger partial charge is 0.134 e. The number of hydrogen-bond acceptors (Lipinski definition) is 2. The van der Waals surface area contributed by atoms with E-state index in [9.17, 15) is 0 Å². The second-order valence-corrected chi connectivity index (χ2v) is 3.67. The van der Waals surface area contributed by atoms with E-state index < -0.39 is 0 Å². The Morgan fingerprint density at radius 1 is 1.38 bits per heavy atom. The van der Waals surface area contributed by atoms with Crippen LogP contribution < -0.4 is 0 Å². The average Bonchev–Trinajstić information content (AvgIpc) is 2.69. The lowest BCUT2D eigenvalue weighted by Gasteiger charge is -1.92. The fraction of sp³-hybridized carbons (Fsp3) is 0.250. The van der Waals surface area contributed by atoms with Crippen LogP contribution in [0, 0.1) is 0 Å². The lowest BCUT2D eigenvalue weighted by atomic mass is 10.3. The predicted molar refractivity (Wildman–Crippen MR) is 65.7 cm³/mol. The molecule has 4 heteroatoms. The average molecular weight is 239 g/mol. The Bertz CT molecular complexity index is 419. The SMILES string of the molecule is CCc1nccn1C.Oc1ccccc1Cl. The molecule has 2 rings (SSSR count). The summed E-state index contributed by atoms with van der Waals surface area (Å²) in [5, 5.41) is 9.18. The maximum absolute atomic E-state index is 8.79. The molecule has 2 aromatic rings. The summed E-state index contributed by atoms with van der Waals surface area (Å²) in [6.45, 7) is 2.10. The Hall–Kier alpha value is -1.48. The highest BCUT2D eigenvalue weighted by molar-refractivity contribution is 6.31. The van der Waals surface area contributed by atoms with Crippen molar-refractivity contribution in [2.24, 2.45) is 7.05 Å². The van der Waals surface area contributed by atoms with Gasteiger partial charge < -0.3 is 9.67 Å². The molecule has 0 saturated carbocycles. The van der Waals surface area contributed by atoms with Crippen molar-refractivity contribution in [3.05, 3.63) is 47.5 Å². The summed E-state index contributed by atoms with van der Waals surface area (Å²) in [6.07, 6.45) is 4.79. The van der Waals surface area contributed by atoms with Crippen molar-refractivity contribution in [3.63, 3.8) is 0 Å². The third-order valence-electron chi connectivity index (χ3n) is 2.09. The van der Waals surface area contributed by atoms with Crippen LogP contribution in [0.1, 0.15) is 12.7 Å². The number of benzene rings is 1. The summed E-state index contributed by atoms with van der Waals surface area (Å²) in [6, 6.07) is 6.67. The molecule has 0 aliphatic heterocycles. The van der Waals surface area contributed by atoms with Crippen molar-refractivity contribution in [2.75, 3.05) is 0 Å². The summed E-state index contributed by atoms with van der Waals surface area (Å²) in [7, 11) is 2.01. The van der Waals surface area contributed by atoms with Crippen LogP contribution in [0.15, 0.2) is 36.7 Å². The summed E-state index contributed by atoms with van der Waals surface area (Å²) in [4.78, 5) is 4.10. The molecule has 0 amide bonds. The molecule has 0 saturated heterocycles. The van der Waals surface area contributed by atoms with E-state index in [-0.39, 0.29) is 5.75 Å². The molecule has 0 aliphatic carbocycles. The monoisotopic (exact) mass is 238 g/mol. The van der Waals surface area contributed by atoms with Crippen molar-refractivity contribution in [1.29, 1.82) is 0 Å². The summed E-state index contributed by atoms with van der Waals surface area (Å²) in [5.41, 5.74) is 0. The second-order valence-electron chi connectivity index (χ2n) is 3.26. The normalized spacial score (nSPS) is 9.44. The number of halogens is 1. The Morgan fingerprint density at radius 3 is 2.38 bits per heavy atom. The number of aromatic hydroxyl groups is 1. The Kier molecular flexibility index (Phi) is 4.86. The lowest BCUT2D eigenvalue weighted by molar-refractivity contribution is 0.475. The predicted octanol–water partition coefficient (Wildman–Crippen LogP) is 3.03. The molecule has 0 atom stereocenters. The van der Waals surface area contributed by atoms with Crippen LogP contribution in [-0.4, -0.2) is 14.7 Å². The van der Waals surface area contributed by atoms with Gasteiger partial charge in [-0.2, -0.15) is 0 Å². The highest BCUT2D eigenvalue weighted by Gasteiger charge is 1.90. The Morgan fingerprint density at radius 2 is 2.06 bits per heavy atom. The Labute approximate surface area is 100 Å². The topological polar surface area (TPSA) is 38.0 Å². The highest BCUT2D eigenvalue weighted by atomic mass is 35.5. The number of aromatic nitrogens is 2. The van der Waals surface area contributed by atoms with Crippen LogP contribution in [0.3, 0.4) is 0 Å². The summed E-state index contributed by atoms with van der Waals surface area (Å²) in [5.74, 6) is 1.28. The van der Waals surface area contributed by atoms with E-state index >= 15 is 0 Å². The number of rotatable bonds is 1. The minimum absolute atomic E-state index is 0.133. The van der Waals surface area contributed by atoms with Gasteiger partial charge in [-0.1, -0.05) is 30.7 Å². The van der Waals surface area contributed by atoms with Crippen LogP contribution in [0.25, 0.3) is 0 Å². The third-order valence-corrected chi connectivity index (χ3v) is 2.41. The molecule has 0 aliphatic rings. The molecule has 86 valence electrons.